The molecular weight excluding hydrogens is 138 g/mol. The van der Waals surface area contributed by atoms with E-state index in [1.54, 1.807) is 0 Å². The van der Waals surface area contributed by atoms with Crippen molar-refractivity contribution >= 4 is 5.78 Å². The molecule has 0 aliphatic carbocycles. The number of hydrogen-bond donors (Lipinski definition) is 1. The summed E-state index contributed by atoms with van der Waals surface area (Å²) in [7, 11) is 0. The zero-order valence-corrected chi connectivity index (χ0v) is 7.18. The molecule has 0 amide bonds. The summed E-state index contributed by atoms with van der Waals surface area (Å²) in [5.74, 6) is 2.48. The highest BCUT2D eigenvalue weighted by Crippen LogP contribution is 1.94. The summed E-state index contributed by atoms with van der Waals surface area (Å²) in [6, 6.07) is 0.251. The third kappa shape index (κ3) is 5.63. The molecule has 0 aromatic carbocycles. The Labute approximate surface area is 68.4 Å². The summed E-state index contributed by atoms with van der Waals surface area (Å²) in [5, 5.41) is 3.15. The van der Waals surface area contributed by atoms with E-state index in [-0.39, 0.29) is 18.2 Å². The van der Waals surface area contributed by atoms with Crippen LogP contribution in [-0.4, -0.2) is 18.4 Å². The van der Waals surface area contributed by atoms with Crippen molar-refractivity contribution in [3.8, 4) is 12.3 Å². The number of carbonyl (C=O) groups excluding carboxylic acids is 1. The Balaban J connectivity index is 3.50. The van der Waals surface area contributed by atoms with Gasteiger partial charge >= 0.3 is 0 Å². The average Bonchev–Trinajstić information content (AvgIpc) is 1.87. The van der Waals surface area contributed by atoms with E-state index >= 15 is 0 Å². The van der Waals surface area contributed by atoms with Crippen molar-refractivity contribution in [2.45, 2.75) is 32.7 Å². The van der Waals surface area contributed by atoms with Crippen molar-refractivity contribution in [1.29, 1.82) is 0 Å². The van der Waals surface area contributed by atoms with E-state index in [4.69, 9.17) is 6.42 Å². The molecule has 2 heteroatoms. The van der Waals surface area contributed by atoms with Crippen LogP contribution in [-0.2, 0) is 4.79 Å². The first-order valence-electron chi connectivity index (χ1n) is 3.89. The molecule has 0 aliphatic heterocycles. The van der Waals surface area contributed by atoms with Crippen LogP contribution in [0.3, 0.4) is 0 Å². The number of hydrogen-bond acceptors (Lipinski definition) is 2. The summed E-state index contributed by atoms with van der Waals surface area (Å²) in [6.07, 6.45) is 5.79. The minimum atomic E-state index is 0.140. The van der Waals surface area contributed by atoms with Crippen LogP contribution in [0.4, 0.5) is 0 Å². The SMILES string of the molecule is C#CCC(=O)CC(C)NCC. The lowest BCUT2D eigenvalue weighted by Gasteiger charge is -2.09. The number of nitrogens with one attached hydrogen (secondary N) is 1. The van der Waals surface area contributed by atoms with Gasteiger partial charge in [-0.2, -0.15) is 0 Å². The van der Waals surface area contributed by atoms with Gasteiger partial charge in [0.25, 0.3) is 0 Å². The summed E-state index contributed by atoms with van der Waals surface area (Å²) in [4.78, 5) is 10.9. The largest absolute Gasteiger partial charge is 0.314 e. The number of rotatable bonds is 5. The molecule has 0 saturated carbocycles. The molecule has 0 bridgehead atoms. The molecule has 0 saturated heterocycles. The lowest BCUT2D eigenvalue weighted by molar-refractivity contribution is -0.118. The van der Waals surface area contributed by atoms with E-state index in [9.17, 15) is 4.79 Å². The Morgan fingerprint density at radius 1 is 1.73 bits per heavy atom. The van der Waals surface area contributed by atoms with Gasteiger partial charge in [-0.15, -0.1) is 6.42 Å². The molecule has 0 rings (SSSR count). The molecule has 2 nitrogen and oxygen atoms in total. The Bertz CT molecular complexity index is 157. The summed E-state index contributed by atoms with van der Waals surface area (Å²) in [5.41, 5.74) is 0. The molecule has 0 radical (unpaired) electrons. The highest BCUT2D eigenvalue weighted by Gasteiger charge is 2.05. The Hall–Kier alpha value is -0.810. The summed E-state index contributed by atoms with van der Waals surface area (Å²) >= 11 is 0. The van der Waals surface area contributed by atoms with Crippen LogP contribution in [0.5, 0.6) is 0 Å². The highest BCUT2D eigenvalue weighted by atomic mass is 16.1. The predicted octanol–water partition coefficient (Wildman–Crippen LogP) is 0.967. The van der Waals surface area contributed by atoms with Gasteiger partial charge in [0.15, 0.2) is 0 Å². The van der Waals surface area contributed by atoms with E-state index in [1.165, 1.54) is 0 Å². The molecule has 0 fully saturated rings. The van der Waals surface area contributed by atoms with Gasteiger partial charge in [-0.25, -0.2) is 0 Å². The molecular formula is C9H15NO. The van der Waals surface area contributed by atoms with Crippen LogP contribution in [0.2, 0.25) is 0 Å². The normalized spacial score (nSPS) is 12.1. The van der Waals surface area contributed by atoms with Crippen molar-refractivity contribution in [3.05, 3.63) is 0 Å². The van der Waals surface area contributed by atoms with E-state index < -0.39 is 0 Å². The van der Waals surface area contributed by atoms with Gasteiger partial charge in [-0.05, 0) is 13.5 Å². The quantitative estimate of drug-likeness (QED) is 0.596. The molecule has 0 spiro atoms. The van der Waals surface area contributed by atoms with Gasteiger partial charge in [0.1, 0.15) is 5.78 Å². The second-order valence-electron chi connectivity index (χ2n) is 2.58. The third-order valence-electron chi connectivity index (χ3n) is 1.39. The molecule has 11 heavy (non-hydrogen) atoms. The molecule has 1 N–H and O–H groups in total. The van der Waals surface area contributed by atoms with Crippen molar-refractivity contribution < 1.29 is 4.79 Å². The van der Waals surface area contributed by atoms with Crippen LogP contribution in [0.15, 0.2) is 0 Å². The van der Waals surface area contributed by atoms with Gasteiger partial charge in [-0.1, -0.05) is 12.8 Å². The monoisotopic (exact) mass is 153 g/mol. The first-order valence-corrected chi connectivity index (χ1v) is 3.89. The van der Waals surface area contributed by atoms with Gasteiger partial charge in [0.05, 0.1) is 6.42 Å². The second-order valence-corrected chi connectivity index (χ2v) is 2.58. The van der Waals surface area contributed by atoms with Crippen LogP contribution in [0, 0.1) is 12.3 Å². The third-order valence-corrected chi connectivity index (χ3v) is 1.39. The topological polar surface area (TPSA) is 29.1 Å². The maximum Gasteiger partial charge on any atom is 0.146 e. The maximum absolute atomic E-state index is 10.9. The van der Waals surface area contributed by atoms with E-state index in [0.29, 0.717) is 6.42 Å². The van der Waals surface area contributed by atoms with Gasteiger partial charge in [0.2, 0.25) is 0 Å². The summed E-state index contributed by atoms with van der Waals surface area (Å²) < 4.78 is 0. The van der Waals surface area contributed by atoms with Crippen molar-refractivity contribution in [3.63, 3.8) is 0 Å². The Morgan fingerprint density at radius 3 is 2.82 bits per heavy atom. The standard InChI is InChI=1S/C9H15NO/c1-4-6-9(11)7-8(3)10-5-2/h1,8,10H,5-7H2,2-3H3. The van der Waals surface area contributed by atoms with Crippen LogP contribution in [0.25, 0.3) is 0 Å². The first-order chi connectivity index (χ1) is 5.20. The second kappa shape index (κ2) is 5.94. The van der Waals surface area contributed by atoms with Crippen molar-refractivity contribution in [2.24, 2.45) is 0 Å². The fourth-order valence-corrected chi connectivity index (χ4v) is 0.948. The number of terminal acetylenes is 1. The average molecular weight is 153 g/mol. The minimum absolute atomic E-state index is 0.140. The smallest absolute Gasteiger partial charge is 0.146 e. The lowest BCUT2D eigenvalue weighted by Crippen LogP contribution is -2.27. The van der Waals surface area contributed by atoms with E-state index in [0.717, 1.165) is 6.54 Å². The Morgan fingerprint density at radius 2 is 2.36 bits per heavy atom. The van der Waals surface area contributed by atoms with Crippen molar-refractivity contribution in [2.75, 3.05) is 6.54 Å². The molecule has 0 aromatic heterocycles. The van der Waals surface area contributed by atoms with Crippen LogP contribution >= 0.6 is 0 Å². The number of carbonyl (C=O) groups is 1. The Kier molecular flexibility index (Phi) is 5.50. The molecule has 62 valence electrons. The van der Waals surface area contributed by atoms with E-state index in [1.807, 2.05) is 13.8 Å². The lowest BCUT2D eigenvalue weighted by atomic mass is 10.1. The van der Waals surface area contributed by atoms with E-state index in [2.05, 4.69) is 11.2 Å². The zero-order chi connectivity index (χ0) is 8.69. The zero-order valence-electron chi connectivity index (χ0n) is 7.18. The van der Waals surface area contributed by atoms with Gasteiger partial charge in [0, 0.05) is 12.5 Å². The highest BCUT2D eigenvalue weighted by molar-refractivity contribution is 5.81. The fraction of sp³-hybridized carbons (Fsp3) is 0.667. The molecule has 1 unspecified atom stereocenters. The molecule has 1 atom stereocenters. The maximum atomic E-state index is 10.9. The van der Waals surface area contributed by atoms with Crippen molar-refractivity contribution in [1.82, 2.24) is 5.32 Å². The van der Waals surface area contributed by atoms with Crippen LogP contribution < -0.4 is 5.32 Å². The molecule has 0 aliphatic rings. The fourth-order valence-electron chi connectivity index (χ4n) is 0.948. The molecule has 0 aromatic rings. The van der Waals surface area contributed by atoms with Crippen LogP contribution in [0.1, 0.15) is 26.7 Å². The number of ketones is 1. The number of Topliss-reactive ketones (excluding diaryl/α,β-unsaturated/α-hetero) is 1. The first kappa shape index (κ1) is 10.2. The summed E-state index contributed by atoms with van der Waals surface area (Å²) in [6.45, 7) is 4.89. The molecule has 0 heterocycles. The minimum Gasteiger partial charge on any atom is -0.314 e. The van der Waals surface area contributed by atoms with Gasteiger partial charge < -0.3 is 5.32 Å². The van der Waals surface area contributed by atoms with Gasteiger partial charge in [-0.3, -0.25) is 4.79 Å². The predicted molar refractivity (Wildman–Crippen MR) is 46.2 cm³/mol.